The van der Waals surface area contributed by atoms with Gasteiger partial charge in [0, 0.05) is 18.4 Å². The lowest BCUT2D eigenvalue weighted by Gasteiger charge is -2.43. The molecule has 0 amide bonds. The van der Waals surface area contributed by atoms with E-state index in [1.54, 1.807) is 0 Å². The van der Waals surface area contributed by atoms with Crippen LogP contribution in [0.2, 0.25) is 0 Å². The van der Waals surface area contributed by atoms with E-state index in [9.17, 15) is 4.79 Å². The highest BCUT2D eigenvalue weighted by molar-refractivity contribution is 5.83. The molecular formula is C16H29NO2. The Labute approximate surface area is 117 Å². The minimum Gasteiger partial charge on any atom is -0.375 e. The first kappa shape index (κ1) is 15.0. The molecule has 3 heteroatoms. The van der Waals surface area contributed by atoms with Gasteiger partial charge in [-0.05, 0) is 45.1 Å². The van der Waals surface area contributed by atoms with Gasteiger partial charge in [0.15, 0.2) is 0 Å². The predicted octanol–water partition coefficient (Wildman–Crippen LogP) is 3.06. The first-order chi connectivity index (χ1) is 9.17. The lowest BCUT2D eigenvalue weighted by Crippen LogP contribution is -2.44. The Hall–Kier alpha value is -0.410. The molecule has 0 aromatic rings. The fourth-order valence-electron chi connectivity index (χ4n) is 3.78. The molecule has 19 heavy (non-hydrogen) atoms. The molecule has 1 spiro atoms. The highest BCUT2D eigenvalue weighted by atomic mass is 16.5. The molecule has 2 N–H and O–H groups in total. The van der Waals surface area contributed by atoms with Gasteiger partial charge >= 0.3 is 0 Å². The van der Waals surface area contributed by atoms with Crippen LogP contribution in [0, 0.1) is 11.8 Å². The van der Waals surface area contributed by atoms with Gasteiger partial charge in [-0.15, -0.1) is 0 Å². The Morgan fingerprint density at radius 2 is 2.11 bits per heavy atom. The molecule has 1 saturated heterocycles. The van der Waals surface area contributed by atoms with Gasteiger partial charge < -0.3 is 10.5 Å². The number of hydrogen-bond acceptors (Lipinski definition) is 3. The second-order valence-corrected chi connectivity index (χ2v) is 6.52. The second kappa shape index (κ2) is 6.85. The third-order valence-electron chi connectivity index (χ3n) is 4.99. The van der Waals surface area contributed by atoms with Crippen LogP contribution in [0.3, 0.4) is 0 Å². The van der Waals surface area contributed by atoms with E-state index in [1.807, 2.05) is 0 Å². The molecule has 0 bridgehead atoms. The highest BCUT2D eigenvalue weighted by Crippen LogP contribution is 2.41. The van der Waals surface area contributed by atoms with Gasteiger partial charge in [0.25, 0.3) is 0 Å². The van der Waals surface area contributed by atoms with Crippen LogP contribution < -0.4 is 5.73 Å². The summed E-state index contributed by atoms with van der Waals surface area (Å²) in [6.45, 7) is 3.54. The highest BCUT2D eigenvalue weighted by Gasteiger charge is 2.41. The normalized spacial score (nSPS) is 28.2. The molecule has 0 aromatic carbocycles. The Kier molecular flexibility index (Phi) is 5.40. The zero-order chi connectivity index (χ0) is 13.7. The van der Waals surface area contributed by atoms with E-state index in [0.29, 0.717) is 12.3 Å². The van der Waals surface area contributed by atoms with Gasteiger partial charge in [0.05, 0.1) is 5.60 Å². The van der Waals surface area contributed by atoms with Gasteiger partial charge in [0.1, 0.15) is 5.78 Å². The summed E-state index contributed by atoms with van der Waals surface area (Å²) < 4.78 is 6.08. The van der Waals surface area contributed by atoms with Crippen LogP contribution in [0.15, 0.2) is 0 Å². The molecule has 1 saturated carbocycles. The van der Waals surface area contributed by atoms with Crippen LogP contribution in [0.4, 0.5) is 0 Å². The van der Waals surface area contributed by atoms with Crippen molar-refractivity contribution >= 4 is 5.78 Å². The molecule has 1 heterocycles. The summed E-state index contributed by atoms with van der Waals surface area (Å²) >= 11 is 0. The third-order valence-corrected chi connectivity index (χ3v) is 4.99. The van der Waals surface area contributed by atoms with Gasteiger partial charge in [-0.25, -0.2) is 0 Å². The van der Waals surface area contributed by atoms with E-state index >= 15 is 0 Å². The van der Waals surface area contributed by atoms with Crippen LogP contribution in [0.25, 0.3) is 0 Å². The van der Waals surface area contributed by atoms with Gasteiger partial charge in [0.2, 0.25) is 0 Å². The van der Waals surface area contributed by atoms with Crippen LogP contribution in [0.1, 0.15) is 64.7 Å². The zero-order valence-electron chi connectivity index (χ0n) is 12.3. The summed E-state index contributed by atoms with van der Waals surface area (Å²) in [6, 6.07) is 0. The molecule has 2 unspecified atom stereocenters. The Morgan fingerprint density at radius 1 is 1.37 bits per heavy atom. The standard InChI is InChI=1S/C16H29NO2/c1-13(6-5-10-17)15(18)14-7-11-19-16(12-14)8-3-2-4-9-16/h13-14H,2-12,17H2,1H3. The molecule has 2 aliphatic rings. The largest absolute Gasteiger partial charge is 0.375 e. The molecule has 1 aliphatic heterocycles. The van der Waals surface area contributed by atoms with Crippen LogP contribution in [0.5, 0.6) is 0 Å². The average molecular weight is 267 g/mol. The summed E-state index contributed by atoms with van der Waals surface area (Å²) in [4.78, 5) is 12.5. The van der Waals surface area contributed by atoms with E-state index in [-0.39, 0.29) is 17.4 Å². The molecule has 2 atom stereocenters. The van der Waals surface area contributed by atoms with Crippen molar-refractivity contribution in [2.45, 2.75) is 70.3 Å². The first-order valence-corrected chi connectivity index (χ1v) is 8.05. The monoisotopic (exact) mass is 267 g/mol. The van der Waals surface area contributed by atoms with Crippen molar-refractivity contribution in [1.29, 1.82) is 0 Å². The van der Waals surface area contributed by atoms with Crippen molar-refractivity contribution in [2.75, 3.05) is 13.2 Å². The number of nitrogens with two attached hydrogens (primary N) is 1. The van der Waals surface area contributed by atoms with Crippen LogP contribution >= 0.6 is 0 Å². The maximum absolute atomic E-state index is 12.5. The molecule has 0 aromatic heterocycles. The molecule has 2 rings (SSSR count). The number of carbonyl (C=O) groups is 1. The fourth-order valence-corrected chi connectivity index (χ4v) is 3.78. The maximum atomic E-state index is 12.5. The van der Waals surface area contributed by atoms with Crippen molar-refractivity contribution in [3.8, 4) is 0 Å². The summed E-state index contributed by atoms with van der Waals surface area (Å²) in [5.41, 5.74) is 5.58. The topological polar surface area (TPSA) is 52.3 Å². The van der Waals surface area contributed by atoms with Crippen molar-refractivity contribution in [2.24, 2.45) is 17.6 Å². The minimum absolute atomic E-state index is 0.0460. The molecular weight excluding hydrogens is 238 g/mol. The summed E-state index contributed by atoms with van der Waals surface area (Å²) in [5.74, 6) is 0.869. The predicted molar refractivity (Wildman–Crippen MR) is 77.0 cm³/mol. The van der Waals surface area contributed by atoms with E-state index in [0.717, 1.165) is 45.1 Å². The summed E-state index contributed by atoms with van der Waals surface area (Å²) in [5, 5.41) is 0. The SMILES string of the molecule is CC(CCCN)C(=O)C1CCOC2(CCCCC2)C1. The lowest BCUT2D eigenvalue weighted by atomic mass is 9.73. The number of hydrogen-bond donors (Lipinski definition) is 1. The molecule has 2 fully saturated rings. The van der Waals surface area contributed by atoms with E-state index in [1.165, 1.54) is 19.3 Å². The molecule has 0 radical (unpaired) electrons. The van der Waals surface area contributed by atoms with E-state index < -0.39 is 0 Å². The van der Waals surface area contributed by atoms with Crippen molar-refractivity contribution < 1.29 is 9.53 Å². The zero-order valence-corrected chi connectivity index (χ0v) is 12.3. The Morgan fingerprint density at radius 3 is 2.79 bits per heavy atom. The van der Waals surface area contributed by atoms with E-state index in [4.69, 9.17) is 10.5 Å². The number of ether oxygens (including phenoxy) is 1. The quantitative estimate of drug-likeness (QED) is 0.833. The Bertz CT molecular complexity index is 292. The first-order valence-electron chi connectivity index (χ1n) is 8.05. The smallest absolute Gasteiger partial charge is 0.138 e. The average Bonchev–Trinajstić information content (AvgIpc) is 2.45. The molecule has 1 aliphatic carbocycles. The number of Topliss-reactive ketones (excluding diaryl/α,β-unsaturated/α-hetero) is 1. The second-order valence-electron chi connectivity index (χ2n) is 6.52. The third kappa shape index (κ3) is 3.79. The molecule has 110 valence electrons. The Balaban J connectivity index is 1.91. The van der Waals surface area contributed by atoms with Crippen LogP contribution in [-0.2, 0) is 9.53 Å². The summed E-state index contributed by atoms with van der Waals surface area (Å²) in [6.07, 6.45) is 9.99. The lowest BCUT2D eigenvalue weighted by molar-refractivity contribution is -0.145. The number of ketones is 1. The maximum Gasteiger partial charge on any atom is 0.138 e. The summed E-state index contributed by atoms with van der Waals surface area (Å²) in [7, 11) is 0. The number of carbonyl (C=O) groups excluding carboxylic acids is 1. The molecule has 3 nitrogen and oxygen atoms in total. The van der Waals surface area contributed by atoms with Crippen molar-refractivity contribution in [3.05, 3.63) is 0 Å². The van der Waals surface area contributed by atoms with Gasteiger partial charge in [-0.2, -0.15) is 0 Å². The van der Waals surface area contributed by atoms with Gasteiger partial charge in [-0.3, -0.25) is 4.79 Å². The number of rotatable bonds is 5. The van der Waals surface area contributed by atoms with Crippen molar-refractivity contribution in [1.82, 2.24) is 0 Å². The van der Waals surface area contributed by atoms with E-state index in [2.05, 4.69) is 6.92 Å². The van der Waals surface area contributed by atoms with Crippen LogP contribution in [-0.4, -0.2) is 24.5 Å². The van der Waals surface area contributed by atoms with Gasteiger partial charge in [-0.1, -0.05) is 26.2 Å². The minimum atomic E-state index is 0.0460. The van der Waals surface area contributed by atoms with Crippen molar-refractivity contribution in [3.63, 3.8) is 0 Å². The fraction of sp³-hybridized carbons (Fsp3) is 0.938.